The normalized spacial score (nSPS) is 44.8. The van der Waals surface area contributed by atoms with Crippen LogP contribution >= 0.6 is 0 Å². The number of nitrogens with one attached hydrogen (secondary N) is 1. The van der Waals surface area contributed by atoms with Crippen molar-refractivity contribution in [2.75, 3.05) is 46.6 Å². The van der Waals surface area contributed by atoms with Crippen LogP contribution in [0.4, 0.5) is 0 Å². The Bertz CT molecular complexity index is 324. The van der Waals surface area contributed by atoms with Gasteiger partial charge in [-0.3, -0.25) is 10.2 Å². The summed E-state index contributed by atoms with van der Waals surface area (Å²) in [6.07, 6.45) is 0.903. The quantitative estimate of drug-likeness (QED) is 0.671. The number of morpholine rings is 1. The fourth-order valence-electron chi connectivity index (χ4n) is 3.16. The SMILES string of the molecule is CN1CCOCC12CNC1(COC(C)(C)C1)OC2. The van der Waals surface area contributed by atoms with E-state index in [2.05, 4.69) is 31.1 Å². The summed E-state index contributed by atoms with van der Waals surface area (Å²) in [7, 11) is 2.15. The number of nitrogens with zero attached hydrogens (tertiary/aromatic N) is 1. The first kappa shape index (κ1) is 12.8. The lowest BCUT2D eigenvalue weighted by atomic mass is 9.92. The molecule has 0 amide bonds. The van der Waals surface area contributed by atoms with Crippen LogP contribution in [0.25, 0.3) is 0 Å². The topological polar surface area (TPSA) is 43.0 Å². The van der Waals surface area contributed by atoms with E-state index in [4.69, 9.17) is 14.2 Å². The first-order valence-electron chi connectivity index (χ1n) is 6.77. The summed E-state index contributed by atoms with van der Waals surface area (Å²) in [5, 5.41) is 3.57. The van der Waals surface area contributed by atoms with Crippen molar-refractivity contribution in [3.05, 3.63) is 0 Å². The summed E-state index contributed by atoms with van der Waals surface area (Å²) in [6, 6.07) is 0. The lowest BCUT2D eigenvalue weighted by molar-refractivity contribution is -0.182. The van der Waals surface area contributed by atoms with Crippen LogP contribution in [0.15, 0.2) is 0 Å². The molecule has 5 heteroatoms. The van der Waals surface area contributed by atoms with Crippen LogP contribution in [-0.4, -0.2) is 68.3 Å². The van der Waals surface area contributed by atoms with Gasteiger partial charge in [-0.1, -0.05) is 0 Å². The van der Waals surface area contributed by atoms with Gasteiger partial charge in [0.1, 0.15) is 5.72 Å². The van der Waals surface area contributed by atoms with Gasteiger partial charge in [-0.15, -0.1) is 0 Å². The van der Waals surface area contributed by atoms with Crippen LogP contribution < -0.4 is 5.32 Å². The zero-order chi connectivity index (χ0) is 12.9. The number of hydrogen-bond donors (Lipinski definition) is 1. The van der Waals surface area contributed by atoms with Gasteiger partial charge in [0.05, 0.1) is 37.6 Å². The maximum absolute atomic E-state index is 6.17. The minimum absolute atomic E-state index is 0.00374. The Balaban J connectivity index is 1.68. The highest BCUT2D eigenvalue weighted by Crippen LogP contribution is 2.37. The van der Waals surface area contributed by atoms with Crippen LogP contribution in [0, 0.1) is 0 Å². The highest BCUT2D eigenvalue weighted by atomic mass is 16.6. The average Bonchev–Trinajstić information content (AvgIpc) is 2.63. The molecule has 0 aromatic heterocycles. The van der Waals surface area contributed by atoms with Crippen molar-refractivity contribution in [2.45, 2.75) is 37.1 Å². The van der Waals surface area contributed by atoms with E-state index < -0.39 is 0 Å². The predicted molar refractivity (Wildman–Crippen MR) is 67.5 cm³/mol. The minimum atomic E-state index is -0.285. The van der Waals surface area contributed by atoms with Crippen molar-refractivity contribution < 1.29 is 14.2 Å². The molecule has 0 aromatic rings. The predicted octanol–water partition coefficient (Wildman–Crippen LogP) is 0.202. The lowest BCUT2D eigenvalue weighted by Crippen LogP contribution is -2.71. The van der Waals surface area contributed by atoms with Gasteiger partial charge in [0.25, 0.3) is 0 Å². The molecule has 0 bridgehead atoms. The van der Waals surface area contributed by atoms with Crippen molar-refractivity contribution in [1.29, 1.82) is 0 Å². The molecule has 2 atom stereocenters. The van der Waals surface area contributed by atoms with Crippen LogP contribution in [0.1, 0.15) is 20.3 Å². The summed E-state index contributed by atoms with van der Waals surface area (Å²) in [5.41, 5.74) is -0.379. The largest absolute Gasteiger partial charge is 0.378 e. The Morgan fingerprint density at radius 1 is 1.11 bits per heavy atom. The molecule has 3 aliphatic rings. The van der Waals surface area contributed by atoms with Gasteiger partial charge in [-0.25, -0.2) is 0 Å². The van der Waals surface area contributed by atoms with E-state index in [1.54, 1.807) is 0 Å². The molecule has 1 N–H and O–H groups in total. The number of ether oxygens (including phenoxy) is 3. The van der Waals surface area contributed by atoms with E-state index in [0.717, 1.165) is 39.3 Å². The fourth-order valence-corrected chi connectivity index (χ4v) is 3.16. The van der Waals surface area contributed by atoms with Crippen molar-refractivity contribution in [1.82, 2.24) is 10.2 Å². The Morgan fingerprint density at radius 3 is 2.50 bits per heavy atom. The fraction of sp³-hybridized carbons (Fsp3) is 1.00. The maximum atomic E-state index is 6.17. The van der Waals surface area contributed by atoms with Crippen LogP contribution in [0.3, 0.4) is 0 Å². The van der Waals surface area contributed by atoms with E-state index in [9.17, 15) is 0 Å². The number of hydrogen-bond acceptors (Lipinski definition) is 5. The third-order valence-corrected chi connectivity index (χ3v) is 4.52. The first-order chi connectivity index (χ1) is 8.46. The highest BCUT2D eigenvalue weighted by Gasteiger charge is 2.52. The molecule has 0 saturated carbocycles. The molecule has 3 heterocycles. The number of rotatable bonds is 0. The van der Waals surface area contributed by atoms with Crippen LogP contribution in [-0.2, 0) is 14.2 Å². The molecule has 3 fully saturated rings. The second-order valence-corrected chi connectivity index (χ2v) is 6.56. The molecule has 104 valence electrons. The number of likely N-dealkylation sites (N-methyl/N-ethyl adjacent to an activating group) is 1. The van der Waals surface area contributed by atoms with Gasteiger partial charge in [0.15, 0.2) is 0 Å². The minimum Gasteiger partial charge on any atom is -0.378 e. The van der Waals surface area contributed by atoms with Crippen molar-refractivity contribution in [3.8, 4) is 0 Å². The maximum Gasteiger partial charge on any atom is 0.145 e. The van der Waals surface area contributed by atoms with E-state index >= 15 is 0 Å². The molecule has 0 aliphatic carbocycles. The molecule has 5 nitrogen and oxygen atoms in total. The Morgan fingerprint density at radius 2 is 1.94 bits per heavy atom. The molecular formula is C13H24N2O3. The van der Waals surface area contributed by atoms with E-state index in [0.29, 0.717) is 6.61 Å². The van der Waals surface area contributed by atoms with E-state index in [1.165, 1.54) is 0 Å². The summed E-state index contributed by atoms with van der Waals surface area (Å²) >= 11 is 0. The highest BCUT2D eigenvalue weighted by molar-refractivity contribution is 5.03. The van der Waals surface area contributed by atoms with Gasteiger partial charge >= 0.3 is 0 Å². The first-order valence-corrected chi connectivity index (χ1v) is 6.77. The van der Waals surface area contributed by atoms with Crippen molar-refractivity contribution >= 4 is 0 Å². The molecular weight excluding hydrogens is 232 g/mol. The summed E-state index contributed by atoms with van der Waals surface area (Å²) in [4.78, 5) is 2.36. The third kappa shape index (κ3) is 2.08. The van der Waals surface area contributed by atoms with Gasteiger partial charge in [-0.05, 0) is 20.9 Å². The Hall–Kier alpha value is -0.200. The lowest BCUT2D eigenvalue weighted by Gasteiger charge is -2.51. The molecule has 0 aromatic carbocycles. The standard InChI is InChI=1S/C13H24N2O3/c1-11(2)6-13(10-17-11)14-7-12(9-18-13)8-16-5-4-15(12)3/h14H,4-10H2,1-3H3. The van der Waals surface area contributed by atoms with Gasteiger partial charge in [-0.2, -0.15) is 0 Å². The molecule has 3 saturated heterocycles. The molecule has 0 radical (unpaired) electrons. The van der Waals surface area contributed by atoms with Crippen LogP contribution in [0.5, 0.6) is 0 Å². The molecule has 3 aliphatic heterocycles. The molecule has 18 heavy (non-hydrogen) atoms. The molecule has 3 rings (SSSR count). The van der Waals surface area contributed by atoms with E-state index in [-0.39, 0.29) is 16.9 Å². The summed E-state index contributed by atoms with van der Waals surface area (Å²) < 4.78 is 17.6. The van der Waals surface area contributed by atoms with E-state index in [1.807, 2.05) is 0 Å². The third-order valence-electron chi connectivity index (χ3n) is 4.52. The second-order valence-electron chi connectivity index (χ2n) is 6.56. The Labute approximate surface area is 109 Å². The monoisotopic (exact) mass is 256 g/mol. The second kappa shape index (κ2) is 4.15. The van der Waals surface area contributed by atoms with Crippen molar-refractivity contribution in [2.24, 2.45) is 0 Å². The van der Waals surface area contributed by atoms with Gasteiger partial charge < -0.3 is 14.2 Å². The van der Waals surface area contributed by atoms with Crippen LogP contribution in [0.2, 0.25) is 0 Å². The van der Waals surface area contributed by atoms with Gasteiger partial charge in [0, 0.05) is 19.5 Å². The Kier molecular flexibility index (Phi) is 2.95. The zero-order valence-electron chi connectivity index (χ0n) is 11.6. The smallest absolute Gasteiger partial charge is 0.145 e. The van der Waals surface area contributed by atoms with Gasteiger partial charge in [0.2, 0.25) is 0 Å². The molecule has 2 unspecified atom stereocenters. The summed E-state index contributed by atoms with van der Waals surface area (Å²) in [6.45, 7) is 9.04. The average molecular weight is 256 g/mol. The molecule has 2 spiro atoms. The van der Waals surface area contributed by atoms with Crippen molar-refractivity contribution in [3.63, 3.8) is 0 Å². The zero-order valence-corrected chi connectivity index (χ0v) is 11.6. The summed E-state index contributed by atoms with van der Waals surface area (Å²) in [5.74, 6) is 0.